The summed E-state index contributed by atoms with van der Waals surface area (Å²) in [4.78, 5) is 11.1. The van der Waals surface area contributed by atoms with E-state index in [0.717, 1.165) is 25.9 Å². The Morgan fingerprint density at radius 1 is 1.24 bits per heavy atom. The Labute approximate surface area is 122 Å². The van der Waals surface area contributed by atoms with Gasteiger partial charge in [0.25, 0.3) is 0 Å². The Morgan fingerprint density at radius 3 is 2.71 bits per heavy atom. The fraction of sp³-hybridized carbons (Fsp3) is 0.467. The molecule has 0 saturated carbocycles. The molecular weight excluding hydrogens is 273 g/mol. The lowest BCUT2D eigenvalue weighted by molar-refractivity contribution is -0.121. The number of piperidine rings is 1. The number of rotatable bonds is 3. The topological polar surface area (TPSA) is 62.7 Å². The molecule has 1 fully saturated rings. The van der Waals surface area contributed by atoms with E-state index in [-0.39, 0.29) is 17.8 Å². The molecule has 2 aliphatic heterocycles. The van der Waals surface area contributed by atoms with Crippen molar-refractivity contribution in [3.8, 4) is 5.75 Å². The van der Waals surface area contributed by atoms with Crippen LogP contribution in [-0.4, -0.2) is 30.8 Å². The molecule has 1 aromatic rings. The van der Waals surface area contributed by atoms with Crippen LogP contribution in [0.15, 0.2) is 23.3 Å². The normalized spacial score (nSPS) is 19.9. The highest BCUT2D eigenvalue weighted by atomic mass is 19.1. The number of halogens is 1. The van der Waals surface area contributed by atoms with Crippen LogP contribution in [0.4, 0.5) is 4.39 Å². The van der Waals surface area contributed by atoms with Gasteiger partial charge in [0.1, 0.15) is 17.7 Å². The molecule has 1 saturated heterocycles. The second-order valence-corrected chi connectivity index (χ2v) is 5.30. The first-order chi connectivity index (χ1) is 10.2. The lowest BCUT2D eigenvalue weighted by atomic mass is 10.0. The third-order valence-electron chi connectivity index (χ3n) is 3.74. The van der Waals surface area contributed by atoms with Gasteiger partial charge in [-0.3, -0.25) is 4.79 Å². The maximum absolute atomic E-state index is 14.2. The molecule has 2 aliphatic rings. The number of hydrogen-bond acceptors (Lipinski definition) is 4. The monoisotopic (exact) mass is 291 g/mol. The van der Waals surface area contributed by atoms with Crippen molar-refractivity contribution in [1.82, 2.24) is 10.7 Å². The number of amides is 1. The molecule has 2 heterocycles. The molecule has 0 bridgehead atoms. The molecule has 1 amide bonds. The second-order valence-electron chi connectivity index (χ2n) is 5.30. The van der Waals surface area contributed by atoms with Crippen molar-refractivity contribution in [1.29, 1.82) is 0 Å². The lowest BCUT2D eigenvalue weighted by Crippen LogP contribution is -2.34. The van der Waals surface area contributed by atoms with Crippen LogP contribution in [-0.2, 0) is 4.79 Å². The van der Waals surface area contributed by atoms with Gasteiger partial charge in [-0.1, -0.05) is 0 Å². The van der Waals surface area contributed by atoms with Gasteiger partial charge in [-0.25, -0.2) is 9.82 Å². The molecule has 0 aliphatic carbocycles. The predicted molar refractivity (Wildman–Crippen MR) is 76.8 cm³/mol. The highest BCUT2D eigenvalue weighted by Crippen LogP contribution is 2.22. The largest absolute Gasteiger partial charge is 0.490 e. The Bertz CT molecular complexity index is 568. The van der Waals surface area contributed by atoms with Gasteiger partial charge in [0.15, 0.2) is 0 Å². The minimum absolute atomic E-state index is 0.134. The van der Waals surface area contributed by atoms with Crippen molar-refractivity contribution in [3.63, 3.8) is 0 Å². The van der Waals surface area contributed by atoms with Crippen molar-refractivity contribution < 1.29 is 13.9 Å². The van der Waals surface area contributed by atoms with Gasteiger partial charge < -0.3 is 10.1 Å². The van der Waals surface area contributed by atoms with E-state index in [1.807, 2.05) is 0 Å². The fourth-order valence-electron chi connectivity index (χ4n) is 2.58. The SMILES string of the molecule is O=C1CCC(c2ccc(OC3CCNCC3)cc2F)=NN1. The van der Waals surface area contributed by atoms with Crippen molar-refractivity contribution in [2.75, 3.05) is 13.1 Å². The van der Waals surface area contributed by atoms with Gasteiger partial charge in [0, 0.05) is 24.5 Å². The van der Waals surface area contributed by atoms with Crippen LogP contribution in [0.1, 0.15) is 31.2 Å². The molecule has 0 spiro atoms. The fourth-order valence-corrected chi connectivity index (χ4v) is 2.58. The van der Waals surface area contributed by atoms with E-state index in [2.05, 4.69) is 15.8 Å². The summed E-state index contributed by atoms with van der Waals surface area (Å²) < 4.78 is 20.0. The first kappa shape index (κ1) is 14.0. The highest BCUT2D eigenvalue weighted by molar-refractivity contribution is 6.04. The van der Waals surface area contributed by atoms with Crippen LogP contribution < -0.4 is 15.5 Å². The van der Waals surface area contributed by atoms with E-state index in [1.165, 1.54) is 6.07 Å². The minimum atomic E-state index is -0.365. The maximum Gasteiger partial charge on any atom is 0.240 e. The molecule has 112 valence electrons. The van der Waals surface area contributed by atoms with E-state index in [4.69, 9.17) is 4.74 Å². The summed E-state index contributed by atoms with van der Waals surface area (Å²) in [6.07, 6.45) is 2.80. The Morgan fingerprint density at radius 2 is 2.05 bits per heavy atom. The van der Waals surface area contributed by atoms with Crippen LogP contribution >= 0.6 is 0 Å². The molecule has 21 heavy (non-hydrogen) atoms. The number of ether oxygens (including phenoxy) is 1. The molecule has 6 heteroatoms. The van der Waals surface area contributed by atoms with E-state index in [9.17, 15) is 9.18 Å². The van der Waals surface area contributed by atoms with Crippen LogP contribution in [0.25, 0.3) is 0 Å². The average Bonchev–Trinajstić information content (AvgIpc) is 2.50. The number of nitrogens with one attached hydrogen (secondary N) is 2. The quantitative estimate of drug-likeness (QED) is 0.888. The van der Waals surface area contributed by atoms with Crippen molar-refractivity contribution in [2.24, 2.45) is 5.10 Å². The number of carbonyl (C=O) groups excluding carboxylic acids is 1. The molecule has 2 N–H and O–H groups in total. The smallest absolute Gasteiger partial charge is 0.240 e. The zero-order chi connectivity index (χ0) is 14.7. The first-order valence-corrected chi connectivity index (χ1v) is 7.25. The summed E-state index contributed by atoms with van der Waals surface area (Å²) in [5.74, 6) is 0.0462. The van der Waals surface area contributed by atoms with Crippen LogP contribution in [0, 0.1) is 5.82 Å². The van der Waals surface area contributed by atoms with Gasteiger partial charge in [-0.05, 0) is 38.1 Å². The number of hydrazone groups is 1. The standard InChI is InChI=1S/C15H18FN3O2/c16-13-9-11(21-10-5-7-17-8-6-10)1-2-12(13)14-3-4-15(20)19-18-14/h1-2,9-10,17H,3-8H2,(H,19,20). The summed E-state index contributed by atoms with van der Waals surface area (Å²) in [5, 5.41) is 7.18. The van der Waals surface area contributed by atoms with Crippen molar-refractivity contribution in [2.45, 2.75) is 31.8 Å². The highest BCUT2D eigenvalue weighted by Gasteiger charge is 2.18. The number of carbonyl (C=O) groups is 1. The van der Waals surface area contributed by atoms with Gasteiger partial charge in [0.05, 0.1) is 5.71 Å². The Kier molecular flexibility index (Phi) is 4.15. The lowest BCUT2D eigenvalue weighted by Gasteiger charge is -2.24. The second kappa shape index (κ2) is 6.22. The maximum atomic E-state index is 14.2. The van der Waals surface area contributed by atoms with Crippen molar-refractivity contribution >= 4 is 11.6 Å². The van der Waals surface area contributed by atoms with E-state index >= 15 is 0 Å². The zero-order valence-electron chi connectivity index (χ0n) is 11.7. The number of hydrogen-bond donors (Lipinski definition) is 2. The summed E-state index contributed by atoms with van der Waals surface area (Å²) in [5.41, 5.74) is 3.38. The Balaban J connectivity index is 1.72. The molecule has 0 radical (unpaired) electrons. The third kappa shape index (κ3) is 3.39. The van der Waals surface area contributed by atoms with E-state index in [0.29, 0.717) is 29.9 Å². The Hall–Kier alpha value is -1.95. The minimum Gasteiger partial charge on any atom is -0.490 e. The van der Waals surface area contributed by atoms with Crippen LogP contribution in [0.2, 0.25) is 0 Å². The molecule has 0 atom stereocenters. The molecular formula is C15H18FN3O2. The molecule has 0 unspecified atom stereocenters. The van der Waals surface area contributed by atoms with E-state index in [1.54, 1.807) is 12.1 Å². The van der Waals surface area contributed by atoms with Crippen molar-refractivity contribution in [3.05, 3.63) is 29.6 Å². The summed E-state index contributed by atoms with van der Waals surface area (Å²) in [6, 6.07) is 4.83. The summed E-state index contributed by atoms with van der Waals surface area (Å²) >= 11 is 0. The van der Waals surface area contributed by atoms with Gasteiger partial charge in [-0.15, -0.1) is 0 Å². The zero-order valence-corrected chi connectivity index (χ0v) is 11.7. The third-order valence-corrected chi connectivity index (χ3v) is 3.74. The molecule has 5 nitrogen and oxygen atoms in total. The van der Waals surface area contributed by atoms with Crippen LogP contribution in [0.5, 0.6) is 5.75 Å². The summed E-state index contributed by atoms with van der Waals surface area (Å²) in [7, 11) is 0. The molecule has 0 aromatic heterocycles. The summed E-state index contributed by atoms with van der Waals surface area (Å²) in [6.45, 7) is 1.86. The first-order valence-electron chi connectivity index (χ1n) is 7.25. The predicted octanol–water partition coefficient (Wildman–Crippen LogP) is 1.57. The average molecular weight is 291 g/mol. The van der Waals surface area contributed by atoms with Crippen LogP contribution in [0.3, 0.4) is 0 Å². The van der Waals surface area contributed by atoms with Gasteiger partial charge in [-0.2, -0.15) is 5.10 Å². The van der Waals surface area contributed by atoms with Gasteiger partial charge in [0.2, 0.25) is 5.91 Å². The van der Waals surface area contributed by atoms with E-state index < -0.39 is 0 Å². The number of benzene rings is 1. The number of nitrogens with zero attached hydrogens (tertiary/aromatic N) is 1. The molecule has 1 aromatic carbocycles. The molecule has 3 rings (SSSR count). The van der Waals surface area contributed by atoms with Gasteiger partial charge >= 0.3 is 0 Å².